The van der Waals surface area contributed by atoms with E-state index in [2.05, 4.69) is 4.74 Å². The third-order valence-corrected chi connectivity index (χ3v) is 7.88. The smallest absolute Gasteiger partial charge is 0.347 e. The summed E-state index contributed by atoms with van der Waals surface area (Å²) in [6, 6.07) is 0. The zero-order chi connectivity index (χ0) is 23.7. The Kier molecular flexibility index (Phi) is 7.28. The minimum absolute atomic E-state index is 0.0828. The lowest BCUT2D eigenvalue weighted by Gasteiger charge is -2.59. The summed E-state index contributed by atoms with van der Waals surface area (Å²) in [5.41, 5.74) is -1.32. The predicted molar refractivity (Wildman–Crippen MR) is 117 cm³/mol. The molecular weight excluding hydrogens is 412 g/mol. The van der Waals surface area contributed by atoms with Crippen molar-refractivity contribution in [3.8, 4) is 0 Å². The number of carbonyl (C=O) groups is 3. The van der Waals surface area contributed by atoms with E-state index in [1.54, 1.807) is 6.92 Å². The highest BCUT2D eigenvalue weighted by molar-refractivity contribution is 5.81. The molecule has 7 nitrogen and oxygen atoms in total. The van der Waals surface area contributed by atoms with Crippen molar-refractivity contribution in [1.29, 1.82) is 0 Å². The Balaban J connectivity index is 0.000000195. The Bertz CT molecular complexity index is 714. The van der Waals surface area contributed by atoms with Crippen LogP contribution >= 0.6 is 0 Å². The maximum Gasteiger partial charge on any atom is 0.347 e. The Labute approximate surface area is 191 Å². The van der Waals surface area contributed by atoms with E-state index in [9.17, 15) is 19.5 Å². The second-order valence-corrected chi connectivity index (χ2v) is 11.2. The van der Waals surface area contributed by atoms with Crippen molar-refractivity contribution in [3.63, 3.8) is 0 Å². The fourth-order valence-corrected chi connectivity index (χ4v) is 5.74. The van der Waals surface area contributed by atoms with E-state index in [-0.39, 0.29) is 23.5 Å². The molecule has 1 heterocycles. The molecule has 1 saturated heterocycles. The van der Waals surface area contributed by atoms with E-state index in [4.69, 9.17) is 9.47 Å². The molecule has 4 aliphatic carbocycles. The van der Waals surface area contributed by atoms with Crippen molar-refractivity contribution < 1.29 is 33.7 Å². The van der Waals surface area contributed by atoms with E-state index in [0.717, 1.165) is 38.5 Å². The first-order chi connectivity index (χ1) is 14.9. The predicted octanol–water partition coefficient (Wildman–Crippen LogP) is 3.94. The molecule has 5 rings (SSSR count). The summed E-state index contributed by atoms with van der Waals surface area (Å²) in [5, 5.41) is 10.6. The molecule has 0 radical (unpaired) electrons. The van der Waals surface area contributed by atoms with Crippen molar-refractivity contribution in [1.82, 2.24) is 0 Å². The molecule has 4 bridgehead atoms. The van der Waals surface area contributed by atoms with Crippen LogP contribution in [0.2, 0.25) is 0 Å². The van der Waals surface area contributed by atoms with Crippen LogP contribution in [0.5, 0.6) is 0 Å². The summed E-state index contributed by atoms with van der Waals surface area (Å²) in [6.07, 6.45) is 6.99. The van der Waals surface area contributed by atoms with Gasteiger partial charge < -0.3 is 19.3 Å². The number of aliphatic hydroxyl groups is 1. The summed E-state index contributed by atoms with van der Waals surface area (Å²) in [7, 11) is 0. The molecule has 4 unspecified atom stereocenters. The first-order valence-electron chi connectivity index (χ1n) is 12.2. The largest absolute Gasteiger partial charge is 0.463 e. The van der Waals surface area contributed by atoms with Gasteiger partial charge in [-0.05, 0) is 70.6 Å². The summed E-state index contributed by atoms with van der Waals surface area (Å²) < 4.78 is 15.6. The zero-order valence-electron chi connectivity index (χ0n) is 20.3. The first kappa shape index (κ1) is 25.0. The minimum Gasteiger partial charge on any atom is -0.463 e. The highest BCUT2D eigenvalue weighted by Gasteiger charge is 2.59. The van der Waals surface area contributed by atoms with Gasteiger partial charge in [-0.1, -0.05) is 20.8 Å². The van der Waals surface area contributed by atoms with Crippen molar-refractivity contribution in [2.24, 2.45) is 23.2 Å². The molecule has 32 heavy (non-hydrogen) atoms. The van der Waals surface area contributed by atoms with Crippen LogP contribution in [0.15, 0.2) is 0 Å². The van der Waals surface area contributed by atoms with Gasteiger partial charge >= 0.3 is 17.9 Å². The molecule has 4 saturated carbocycles. The molecule has 5 fully saturated rings. The monoisotopic (exact) mass is 452 g/mol. The first-order valence-corrected chi connectivity index (χ1v) is 12.2. The Hall–Kier alpha value is -1.63. The molecule has 0 aromatic carbocycles. The van der Waals surface area contributed by atoms with E-state index in [0.29, 0.717) is 31.3 Å². The quantitative estimate of drug-likeness (QED) is 0.481. The second kappa shape index (κ2) is 9.32. The van der Waals surface area contributed by atoms with E-state index < -0.39 is 23.1 Å². The maximum absolute atomic E-state index is 12.4. The van der Waals surface area contributed by atoms with Gasteiger partial charge in [0.05, 0.1) is 23.5 Å². The van der Waals surface area contributed by atoms with Crippen molar-refractivity contribution in [2.75, 3.05) is 6.61 Å². The summed E-state index contributed by atoms with van der Waals surface area (Å²) in [5.74, 6) is 0.157. The minimum atomic E-state index is -0.665. The van der Waals surface area contributed by atoms with Crippen molar-refractivity contribution in [2.45, 2.75) is 110 Å². The van der Waals surface area contributed by atoms with Gasteiger partial charge in [-0.2, -0.15) is 0 Å². The molecule has 0 amide bonds. The van der Waals surface area contributed by atoms with Crippen LogP contribution in [0.4, 0.5) is 0 Å². The number of rotatable bonds is 6. The number of esters is 3. The van der Waals surface area contributed by atoms with Gasteiger partial charge in [-0.3, -0.25) is 9.59 Å². The topological polar surface area (TPSA) is 99.1 Å². The Morgan fingerprint density at radius 1 is 1.19 bits per heavy atom. The van der Waals surface area contributed by atoms with E-state index >= 15 is 0 Å². The molecular formula is C25H40O7. The highest BCUT2D eigenvalue weighted by atomic mass is 16.6. The van der Waals surface area contributed by atoms with E-state index in [1.165, 1.54) is 6.42 Å². The molecule has 1 aliphatic heterocycles. The lowest BCUT2D eigenvalue weighted by molar-refractivity contribution is -0.225. The van der Waals surface area contributed by atoms with Crippen LogP contribution < -0.4 is 0 Å². The number of hydrogen-bond acceptors (Lipinski definition) is 7. The van der Waals surface area contributed by atoms with Crippen LogP contribution in [0.25, 0.3) is 0 Å². The third-order valence-electron chi connectivity index (χ3n) is 7.88. The average Bonchev–Trinajstić information content (AvgIpc) is 3.09. The fourth-order valence-electron chi connectivity index (χ4n) is 5.74. The molecule has 182 valence electrons. The Morgan fingerprint density at radius 3 is 2.28 bits per heavy atom. The molecule has 1 N–H and O–H groups in total. The van der Waals surface area contributed by atoms with Gasteiger partial charge in [0.25, 0.3) is 0 Å². The van der Waals surface area contributed by atoms with Gasteiger partial charge in [0.1, 0.15) is 5.60 Å². The lowest BCUT2D eigenvalue weighted by atomic mass is 9.52. The Morgan fingerprint density at radius 2 is 1.81 bits per heavy atom. The highest BCUT2D eigenvalue weighted by Crippen LogP contribution is 2.59. The molecule has 0 aromatic heterocycles. The lowest BCUT2D eigenvalue weighted by Crippen LogP contribution is -2.61. The number of ether oxygens (including phenoxy) is 3. The summed E-state index contributed by atoms with van der Waals surface area (Å²) in [6.45, 7) is 9.96. The molecule has 4 atom stereocenters. The zero-order valence-corrected chi connectivity index (χ0v) is 20.3. The number of carbonyl (C=O) groups excluding carboxylic acids is 3. The summed E-state index contributed by atoms with van der Waals surface area (Å²) in [4.78, 5) is 34.5. The van der Waals surface area contributed by atoms with Crippen LogP contribution in [-0.4, -0.2) is 46.9 Å². The van der Waals surface area contributed by atoms with Crippen LogP contribution in [0.1, 0.15) is 92.4 Å². The standard InChI is InChI=1S/C16H26O3.C9H14O4/c1-4-14(2,3)13(17)19-16-8-11-5-12(9-16)7-15(18,6-11)10-16;1-3-6(2)8(10)13-7-4-5-12-9(7)11/h11-12,18H,4-10H2,1-3H3;6-7H,3-5H2,1-2H3. The maximum atomic E-state index is 12.4. The van der Waals surface area contributed by atoms with Gasteiger partial charge in [0.15, 0.2) is 0 Å². The van der Waals surface area contributed by atoms with Crippen LogP contribution in [0, 0.1) is 23.2 Å². The fraction of sp³-hybridized carbons (Fsp3) is 0.880. The van der Waals surface area contributed by atoms with E-state index in [1.807, 2.05) is 27.7 Å². The van der Waals surface area contributed by atoms with Crippen molar-refractivity contribution in [3.05, 3.63) is 0 Å². The van der Waals surface area contributed by atoms with Crippen LogP contribution in [-0.2, 0) is 28.6 Å². The number of hydrogen-bond donors (Lipinski definition) is 1. The van der Waals surface area contributed by atoms with Gasteiger partial charge in [-0.15, -0.1) is 0 Å². The molecule has 0 spiro atoms. The van der Waals surface area contributed by atoms with Crippen molar-refractivity contribution >= 4 is 17.9 Å². The molecule has 5 aliphatic rings. The van der Waals surface area contributed by atoms with Crippen LogP contribution in [0.3, 0.4) is 0 Å². The summed E-state index contributed by atoms with van der Waals surface area (Å²) >= 11 is 0. The van der Waals surface area contributed by atoms with Gasteiger partial charge in [-0.25, -0.2) is 4.79 Å². The second-order valence-electron chi connectivity index (χ2n) is 11.2. The SMILES string of the molecule is CCC(C)(C)C(=O)OC12CC3CC(CC(O)(C3)C1)C2.CCC(C)C(=O)OC1CCOC1=O. The van der Waals surface area contributed by atoms with Gasteiger partial charge in [0.2, 0.25) is 6.10 Å². The number of cyclic esters (lactones) is 1. The van der Waals surface area contributed by atoms with Gasteiger partial charge in [0, 0.05) is 12.8 Å². The third kappa shape index (κ3) is 5.46. The molecule has 0 aromatic rings. The average molecular weight is 453 g/mol. The molecule has 7 heteroatoms. The normalized spacial score (nSPS) is 36.1.